The Kier molecular flexibility index (Phi) is 8.71. The van der Waals surface area contributed by atoms with Crippen molar-refractivity contribution in [3.05, 3.63) is 96.1 Å². The lowest BCUT2D eigenvalue weighted by Gasteiger charge is -2.25. The fraction of sp³-hybridized carbons (Fsp3) is 0.273. The molecule has 1 aliphatic heterocycles. The molecule has 122 valence electrons. The number of hydrogen-bond acceptors (Lipinski definition) is 1. The smallest absolute Gasteiger partial charge is 0.0233 e. The second kappa shape index (κ2) is 10.6. The lowest BCUT2D eigenvalue weighted by Crippen LogP contribution is -2.26. The van der Waals surface area contributed by atoms with E-state index in [1.165, 1.54) is 29.7 Å². The largest absolute Gasteiger partial charge is 0.302 e. The van der Waals surface area contributed by atoms with Crippen molar-refractivity contribution in [2.24, 2.45) is 0 Å². The van der Waals surface area contributed by atoms with Crippen LogP contribution in [0, 0.1) is 13.8 Å². The highest BCUT2D eigenvalue weighted by Gasteiger charge is 2.13. The van der Waals surface area contributed by atoms with E-state index in [4.69, 9.17) is 0 Å². The van der Waals surface area contributed by atoms with Crippen molar-refractivity contribution in [2.45, 2.75) is 26.8 Å². The molecule has 0 fully saturated rings. The van der Waals surface area contributed by atoms with E-state index in [-0.39, 0.29) is 0 Å². The predicted octanol–water partition coefficient (Wildman–Crippen LogP) is 5.34. The summed E-state index contributed by atoms with van der Waals surface area (Å²) in [6, 6.07) is 16.9. The van der Waals surface area contributed by atoms with Gasteiger partial charge in [0, 0.05) is 13.1 Å². The van der Waals surface area contributed by atoms with Crippen molar-refractivity contribution in [1.29, 1.82) is 0 Å². The third-order valence-electron chi connectivity index (χ3n) is 3.80. The first-order valence-electron chi connectivity index (χ1n) is 8.09. The van der Waals surface area contributed by atoms with Crippen molar-refractivity contribution in [2.75, 3.05) is 13.6 Å². The molecule has 3 rings (SSSR count). The van der Waals surface area contributed by atoms with Crippen LogP contribution in [0.1, 0.15) is 22.3 Å². The number of hydrogen-bond donors (Lipinski definition) is 0. The highest BCUT2D eigenvalue weighted by Crippen LogP contribution is 2.20. The van der Waals surface area contributed by atoms with Crippen LogP contribution in [0.5, 0.6) is 0 Å². The maximum absolute atomic E-state index is 3.36. The Bertz CT molecular complexity index is 593. The Balaban J connectivity index is 0.000000204. The Morgan fingerprint density at radius 1 is 0.913 bits per heavy atom. The van der Waals surface area contributed by atoms with Gasteiger partial charge in [-0.3, -0.25) is 0 Å². The molecule has 0 N–H and O–H groups in total. The average Bonchev–Trinajstić information content (AvgIpc) is 2.56. The first kappa shape index (κ1) is 18.9. The predicted molar refractivity (Wildman–Crippen MR) is 103 cm³/mol. The van der Waals surface area contributed by atoms with Gasteiger partial charge in [-0.15, -0.1) is 0 Å². The summed E-state index contributed by atoms with van der Waals surface area (Å²) in [5.41, 5.74) is 5.88. The van der Waals surface area contributed by atoms with Crippen LogP contribution < -0.4 is 0 Å². The van der Waals surface area contributed by atoms with E-state index in [2.05, 4.69) is 69.3 Å². The molecule has 1 nitrogen and oxygen atoms in total. The van der Waals surface area contributed by atoms with Crippen LogP contribution in [0.4, 0.5) is 0 Å². The zero-order chi connectivity index (χ0) is 17.1. The van der Waals surface area contributed by atoms with E-state index in [1.807, 2.05) is 18.2 Å². The lowest BCUT2D eigenvalue weighted by atomic mass is 9.96. The van der Waals surface area contributed by atoms with Crippen molar-refractivity contribution in [1.82, 2.24) is 4.90 Å². The Labute approximate surface area is 142 Å². The molecule has 0 bridgehead atoms. The second-order valence-electron chi connectivity index (χ2n) is 5.83. The number of fused-ring (bicyclic) bond motifs is 1. The number of likely N-dealkylation sites (N-methyl/N-ethyl adjacent to an activating group) is 1. The van der Waals surface area contributed by atoms with Crippen LogP contribution in [0.3, 0.4) is 0 Å². The molecule has 0 saturated carbocycles. The van der Waals surface area contributed by atoms with Crippen molar-refractivity contribution in [3.63, 3.8) is 0 Å². The highest BCUT2D eigenvalue weighted by molar-refractivity contribution is 5.35. The van der Waals surface area contributed by atoms with Gasteiger partial charge in [0.2, 0.25) is 0 Å². The molecule has 1 heteroatoms. The summed E-state index contributed by atoms with van der Waals surface area (Å²) in [4.78, 5) is 2.38. The summed E-state index contributed by atoms with van der Waals surface area (Å²) >= 11 is 0. The monoisotopic (exact) mass is 307 g/mol. The fourth-order valence-corrected chi connectivity index (χ4v) is 2.48. The number of aryl methyl sites for hydroxylation is 2. The normalized spacial score (nSPS) is 12.7. The van der Waals surface area contributed by atoms with Gasteiger partial charge in [-0.25, -0.2) is 0 Å². The molecule has 0 aliphatic carbocycles. The minimum absolute atomic E-state index is 1.12. The minimum atomic E-state index is 1.12. The molecule has 2 aromatic carbocycles. The molecule has 1 heterocycles. The van der Waals surface area contributed by atoms with E-state index < -0.39 is 0 Å². The molecular formula is C22H29N. The van der Waals surface area contributed by atoms with Crippen LogP contribution >= 0.6 is 0 Å². The molecule has 0 radical (unpaired) electrons. The molecule has 0 unspecified atom stereocenters. The average molecular weight is 307 g/mol. The minimum Gasteiger partial charge on any atom is -0.302 e. The van der Waals surface area contributed by atoms with Gasteiger partial charge >= 0.3 is 0 Å². The summed E-state index contributed by atoms with van der Waals surface area (Å²) in [6.45, 7) is 13.3. The van der Waals surface area contributed by atoms with Gasteiger partial charge in [-0.2, -0.15) is 0 Å². The topological polar surface area (TPSA) is 3.24 Å². The molecule has 1 aliphatic rings. The van der Waals surface area contributed by atoms with E-state index >= 15 is 0 Å². The molecular weight excluding hydrogens is 278 g/mol. The maximum Gasteiger partial charge on any atom is 0.0233 e. The summed E-state index contributed by atoms with van der Waals surface area (Å²) in [5.74, 6) is 0. The van der Waals surface area contributed by atoms with Gasteiger partial charge in [0.05, 0.1) is 0 Å². The summed E-state index contributed by atoms with van der Waals surface area (Å²) < 4.78 is 0. The van der Waals surface area contributed by atoms with Gasteiger partial charge in [0.1, 0.15) is 0 Å². The van der Waals surface area contributed by atoms with Crippen molar-refractivity contribution in [3.8, 4) is 0 Å². The zero-order valence-electron chi connectivity index (χ0n) is 14.8. The van der Waals surface area contributed by atoms with Gasteiger partial charge < -0.3 is 4.90 Å². The zero-order valence-corrected chi connectivity index (χ0v) is 14.8. The van der Waals surface area contributed by atoms with E-state index in [1.54, 1.807) is 17.7 Å². The molecule has 0 amide bonds. The van der Waals surface area contributed by atoms with Crippen LogP contribution in [0.15, 0.2) is 73.8 Å². The SMILES string of the molecule is C=CC=C.Cc1cccc2c1CCN(C)C2.Cc1ccccc1. The summed E-state index contributed by atoms with van der Waals surface area (Å²) in [6.07, 6.45) is 4.50. The van der Waals surface area contributed by atoms with Gasteiger partial charge in [0.15, 0.2) is 0 Å². The van der Waals surface area contributed by atoms with Crippen molar-refractivity contribution < 1.29 is 0 Å². The van der Waals surface area contributed by atoms with Crippen LogP contribution in [-0.4, -0.2) is 18.5 Å². The second-order valence-corrected chi connectivity index (χ2v) is 5.83. The van der Waals surface area contributed by atoms with E-state index in [9.17, 15) is 0 Å². The maximum atomic E-state index is 3.36. The molecule has 0 atom stereocenters. The van der Waals surface area contributed by atoms with Gasteiger partial charge in [0.25, 0.3) is 0 Å². The van der Waals surface area contributed by atoms with Gasteiger partial charge in [-0.1, -0.05) is 79.4 Å². The van der Waals surface area contributed by atoms with E-state index in [0.717, 1.165) is 6.54 Å². The standard InChI is InChI=1S/C11H15N.C7H8.C4H6/c1-9-4-3-5-10-8-12(2)7-6-11(9)10;1-7-5-3-2-4-6-7;1-3-4-2/h3-5H,6-8H2,1-2H3;2-6H,1H3;3-4H,1-2H2. The molecule has 2 aromatic rings. The quantitative estimate of drug-likeness (QED) is 0.643. The fourth-order valence-electron chi connectivity index (χ4n) is 2.48. The third-order valence-corrected chi connectivity index (χ3v) is 3.80. The lowest BCUT2D eigenvalue weighted by molar-refractivity contribution is 0.312. The van der Waals surface area contributed by atoms with Crippen LogP contribution in [0.25, 0.3) is 0 Å². The first-order chi connectivity index (χ1) is 11.1. The number of allylic oxidation sites excluding steroid dienone is 2. The number of nitrogens with zero attached hydrogens (tertiary/aromatic N) is 1. The third kappa shape index (κ3) is 7.12. The summed E-state index contributed by atoms with van der Waals surface area (Å²) in [7, 11) is 2.19. The van der Waals surface area contributed by atoms with Crippen LogP contribution in [0.2, 0.25) is 0 Å². The summed E-state index contributed by atoms with van der Waals surface area (Å²) in [5, 5.41) is 0. The Hall–Kier alpha value is -2.12. The van der Waals surface area contributed by atoms with Gasteiger partial charge in [-0.05, 0) is 44.0 Å². The van der Waals surface area contributed by atoms with Crippen molar-refractivity contribution >= 4 is 0 Å². The van der Waals surface area contributed by atoms with E-state index in [0.29, 0.717) is 0 Å². The molecule has 0 saturated heterocycles. The Morgan fingerprint density at radius 3 is 2.09 bits per heavy atom. The Morgan fingerprint density at radius 2 is 1.57 bits per heavy atom. The number of benzene rings is 2. The highest BCUT2D eigenvalue weighted by atomic mass is 15.1. The molecule has 23 heavy (non-hydrogen) atoms. The van der Waals surface area contributed by atoms with Crippen LogP contribution in [-0.2, 0) is 13.0 Å². The molecule has 0 aromatic heterocycles. The number of rotatable bonds is 1. The first-order valence-corrected chi connectivity index (χ1v) is 8.09. The molecule has 0 spiro atoms.